The summed E-state index contributed by atoms with van der Waals surface area (Å²) in [7, 11) is 0. The van der Waals surface area contributed by atoms with Crippen LogP contribution in [0.2, 0.25) is 0 Å². The highest BCUT2D eigenvalue weighted by molar-refractivity contribution is 5.92. The predicted octanol–water partition coefficient (Wildman–Crippen LogP) is 5.83. The first-order valence-corrected chi connectivity index (χ1v) is 10.3. The normalized spacial score (nSPS) is 36.8. The number of carbonyl (C=O) groups is 1. The maximum Gasteiger partial charge on any atom is 0.156 e. The molecule has 2 saturated carbocycles. The largest absolute Gasteiger partial charge is 0.295 e. The predicted molar refractivity (Wildman–Crippen MR) is 109 cm³/mol. The van der Waals surface area contributed by atoms with Crippen LogP contribution in [-0.2, 0) is 4.79 Å². The molecule has 5 rings (SSSR count). The Kier molecular flexibility index (Phi) is 3.72. The Morgan fingerprint density at radius 3 is 2.79 bits per heavy atom. The third-order valence-electron chi connectivity index (χ3n) is 7.99. The summed E-state index contributed by atoms with van der Waals surface area (Å²) in [6.07, 6.45) is 14.0. The van der Waals surface area contributed by atoms with E-state index in [9.17, 15) is 9.18 Å². The molecule has 4 aliphatic carbocycles. The molecular formula is C25H26FNO. The van der Waals surface area contributed by atoms with Gasteiger partial charge >= 0.3 is 0 Å². The molecule has 2 nitrogen and oxygen atoms in total. The second-order valence-electron chi connectivity index (χ2n) is 9.43. The second-order valence-corrected chi connectivity index (χ2v) is 9.43. The number of pyridine rings is 1. The van der Waals surface area contributed by atoms with E-state index in [0.29, 0.717) is 18.3 Å². The van der Waals surface area contributed by atoms with E-state index in [4.69, 9.17) is 0 Å². The van der Waals surface area contributed by atoms with Crippen LogP contribution in [0.4, 0.5) is 4.39 Å². The lowest BCUT2D eigenvalue weighted by molar-refractivity contribution is -0.116. The van der Waals surface area contributed by atoms with Crippen molar-refractivity contribution >= 4 is 11.4 Å². The summed E-state index contributed by atoms with van der Waals surface area (Å²) in [5.74, 6) is 0.937. The molecule has 0 radical (unpaired) electrons. The van der Waals surface area contributed by atoms with Crippen molar-refractivity contribution in [3.05, 3.63) is 71.4 Å². The third kappa shape index (κ3) is 2.31. The van der Waals surface area contributed by atoms with Crippen molar-refractivity contribution in [1.29, 1.82) is 0 Å². The number of fused-ring (bicyclic) bond motifs is 5. The van der Waals surface area contributed by atoms with Crippen LogP contribution >= 0.6 is 0 Å². The summed E-state index contributed by atoms with van der Waals surface area (Å²) in [4.78, 5) is 16.1. The summed E-state index contributed by atoms with van der Waals surface area (Å²) in [6, 6.07) is 1.60. The smallest absolute Gasteiger partial charge is 0.156 e. The van der Waals surface area contributed by atoms with Crippen LogP contribution in [0.5, 0.6) is 0 Å². The van der Waals surface area contributed by atoms with E-state index in [1.165, 1.54) is 22.9 Å². The Morgan fingerprint density at radius 2 is 2.00 bits per heavy atom. The number of rotatable bonds is 1. The fraction of sp³-hybridized carbons (Fsp3) is 0.440. The van der Waals surface area contributed by atoms with Gasteiger partial charge in [-0.15, -0.1) is 0 Å². The van der Waals surface area contributed by atoms with Crippen molar-refractivity contribution in [2.75, 3.05) is 0 Å². The van der Waals surface area contributed by atoms with Gasteiger partial charge in [0.05, 0.1) is 6.20 Å². The first-order valence-electron chi connectivity index (χ1n) is 10.3. The van der Waals surface area contributed by atoms with Crippen molar-refractivity contribution in [2.24, 2.45) is 22.7 Å². The van der Waals surface area contributed by atoms with Gasteiger partial charge in [0.15, 0.2) is 5.78 Å². The van der Waals surface area contributed by atoms with Gasteiger partial charge in [0.2, 0.25) is 0 Å². The minimum Gasteiger partial charge on any atom is -0.295 e. The van der Waals surface area contributed by atoms with E-state index in [1.54, 1.807) is 12.3 Å². The molecule has 0 bridgehead atoms. The molecule has 3 heteroatoms. The van der Waals surface area contributed by atoms with Crippen molar-refractivity contribution in [1.82, 2.24) is 4.98 Å². The Morgan fingerprint density at radius 1 is 1.18 bits per heavy atom. The minimum absolute atomic E-state index is 0.0409. The summed E-state index contributed by atoms with van der Waals surface area (Å²) in [5.41, 5.74) is 5.83. The number of ketones is 1. The zero-order valence-electron chi connectivity index (χ0n) is 16.6. The summed E-state index contributed by atoms with van der Waals surface area (Å²) < 4.78 is 13.8. The van der Waals surface area contributed by atoms with Gasteiger partial charge < -0.3 is 0 Å². The number of allylic oxidation sites excluding steroid dienone is 7. The molecule has 4 atom stereocenters. The Hall–Kier alpha value is -2.29. The molecule has 0 saturated heterocycles. The molecule has 4 aliphatic rings. The lowest BCUT2D eigenvalue weighted by Gasteiger charge is -2.56. The Bertz CT molecular complexity index is 1000. The van der Waals surface area contributed by atoms with E-state index in [1.807, 2.05) is 6.08 Å². The van der Waals surface area contributed by atoms with Crippen LogP contribution in [0, 0.1) is 28.5 Å². The zero-order chi connectivity index (χ0) is 19.7. The average molecular weight is 375 g/mol. The number of carbonyl (C=O) groups excluding carboxylic acids is 1. The fourth-order valence-electron chi connectivity index (χ4n) is 6.54. The maximum absolute atomic E-state index is 13.8. The molecule has 0 N–H and O–H groups in total. The van der Waals surface area contributed by atoms with E-state index >= 15 is 0 Å². The molecule has 2 fully saturated rings. The van der Waals surface area contributed by atoms with Crippen LogP contribution in [0.3, 0.4) is 0 Å². The van der Waals surface area contributed by atoms with Gasteiger partial charge in [-0.25, -0.2) is 4.39 Å². The number of aromatic nitrogens is 1. The average Bonchev–Trinajstić information content (AvgIpc) is 3.01. The monoisotopic (exact) mass is 375 g/mol. The van der Waals surface area contributed by atoms with Crippen LogP contribution in [-0.4, -0.2) is 10.8 Å². The van der Waals surface area contributed by atoms with Gasteiger partial charge in [-0.3, -0.25) is 9.78 Å². The molecular weight excluding hydrogens is 349 g/mol. The molecule has 144 valence electrons. The quantitative estimate of drug-likeness (QED) is 0.618. The second kappa shape index (κ2) is 5.85. The molecule has 0 amide bonds. The van der Waals surface area contributed by atoms with Gasteiger partial charge in [-0.1, -0.05) is 43.7 Å². The van der Waals surface area contributed by atoms with Crippen LogP contribution < -0.4 is 0 Å². The van der Waals surface area contributed by atoms with Gasteiger partial charge in [0.25, 0.3) is 0 Å². The van der Waals surface area contributed by atoms with Gasteiger partial charge in [-0.2, -0.15) is 0 Å². The van der Waals surface area contributed by atoms with Gasteiger partial charge in [-0.05, 0) is 71.8 Å². The molecule has 1 aromatic heterocycles. The number of hydrogen-bond donors (Lipinski definition) is 0. The summed E-state index contributed by atoms with van der Waals surface area (Å²) >= 11 is 0. The first-order chi connectivity index (χ1) is 13.3. The number of hydrogen-bond acceptors (Lipinski definition) is 2. The fourth-order valence-corrected chi connectivity index (χ4v) is 6.54. The van der Waals surface area contributed by atoms with Gasteiger partial charge in [0.1, 0.15) is 5.82 Å². The Labute approximate surface area is 165 Å². The maximum atomic E-state index is 13.8. The highest BCUT2D eigenvalue weighted by Crippen LogP contribution is 2.65. The minimum atomic E-state index is -0.288. The topological polar surface area (TPSA) is 30.0 Å². The van der Waals surface area contributed by atoms with Crippen molar-refractivity contribution in [2.45, 2.75) is 46.0 Å². The van der Waals surface area contributed by atoms with Crippen LogP contribution in [0.1, 0.15) is 51.5 Å². The lowest BCUT2D eigenvalue weighted by atomic mass is 9.47. The first kappa shape index (κ1) is 17.8. The van der Waals surface area contributed by atoms with E-state index in [2.05, 4.69) is 37.6 Å². The molecule has 0 spiro atoms. The highest BCUT2D eigenvalue weighted by Gasteiger charge is 2.55. The summed E-state index contributed by atoms with van der Waals surface area (Å²) in [5, 5.41) is 0. The molecule has 28 heavy (non-hydrogen) atoms. The molecule has 1 aromatic rings. The van der Waals surface area contributed by atoms with Crippen molar-refractivity contribution in [3.63, 3.8) is 0 Å². The SMILES string of the molecule is C=C1CC2C3=CC=C(c4cncc(F)c4)[C@@]3(C)CCC2[C@@]2(C)CCC(=O)C=C12. The number of halogens is 1. The van der Waals surface area contributed by atoms with E-state index < -0.39 is 0 Å². The molecule has 1 heterocycles. The molecule has 2 unspecified atom stereocenters. The summed E-state index contributed by atoms with van der Waals surface area (Å²) in [6.45, 7) is 9.02. The lowest BCUT2D eigenvalue weighted by Crippen LogP contribution is -2.47. The van der Waals surface area contributed by atoms with E-state index in [-0.39, 0.29) is 22.4 Å². The van der Waals surface area contributed by atoms with Crippen LogP contribution in [0.25, 0.3) is 5.57 Å². The third-order valence-corrected chi connectivity index (χ3v) is 7.99. The standard InChI is InChI=1S/C25H26FNO/c1-15-10-19-21-5-4-20(16-11-17(26)14-27-13-16)24(21,2)9-7-22(19)25(3)8-6-18(28)12-23(15)25/h4-5,11-14,19,22H,1,6-10H2,2-3H3/t19?,22?,24-,25-/m1/s1. The number of nitrogens with zero attached hydrogens (tertiary/aromatic N) is 1. The highest BCUT2D eigenvalue weighted by atomic mass is 19.1. The van der Waals surface area contributed by atoms with Crippen molar-refractivity contribution in [3.8, 4) is 0 Å². The zero-order valence-corrected chi connectivity index (χ0v) is 16.6. The van der Waals surface area contributed by atoms with Crippen molar-refractivity contribution < 1.29 is 9.18 Å². The van der Waals surface area contributed by atoms with Crippen LogP contribution in [0.15, 0.2) is 60.0 Å². The molecule has 0 aliphatic heterocycles. The Balaban J connectivity index is 1.53. The van der Waals surface area contributed by atoms with E-state index in [0.717, 1.165) is 36.8 Å². The van der Waals surface area contributed by atoms with Gasteiger partial charge in [0, 0.05) is 18.0 Å². The molecule has 0 aromatic carbocycles.